The van der Waals surface area contributed by atoms with E-state index in [1.54, 1.807) is 0 Å². The van der Waals surface area contributed by atoms with Crippen molar-refractivity contribution in [1.29, 1.82) is 0 Å². The second-order valence-corrected chi connectivity index (χ2v) is 4.12. The van der Waals surface area contributed by atoms with Crippen molar-refractivity contribution in [3.63, 3.8) is 0 Å². The summed E-state index contributed by atoms with van der Waals surface area (Å²) in [6.45, 7) is 3.82. The number of hydrazine groups is 1. The van der Waals surface area contributed by atoms with Gasteiger partial charge in [0.25, 0.3) is 0 Å². The van der Waals surface area contributed by atoms with Gasteiger partial charge < -0.3 is 0 Å². The highest BCUT2D eigenvalue weighted by atomic mass is 15.3. The van der Waals surface area contributed by atoms with Crippen molar-refractivity contribution in [2.45, 2.75) is 20.0 Å². The molecule has 0 amide bonds. The molecule has 0 heterocycles. The summed E-state index contributed by atoms with van der Waals surface area (Å²) in [4.78, 5) is 0. The maximum Gasteiger partial charge on any atom is 0.0353 e. The fourth-order valence-corrected chi connectivity index (χ4v) is 1.73. The van der Waals surface area contributed by atoms with E-state index in [9.17, 15) is 0 Å². The van der Waals surface area contributed by atoms with Crippen molar-refractivity contribution in [3.05, 3.63) is 71.3 Å². The largest absolute Gasteiger partial charge is 0.253 e. The van der Waals surface area contributed by atoms with Crippen LogP contribution in [0, 0.1) is 6.92 Å². The van der Waals surface area contributed by atoms with Gasteiger partial charge in [0.2, 0.25) is 0 Å². The van der Waals surface area contributed by atoms with Crippen LogP contribution in [0.25, 0.3) is 0 Å². The molecule has 0 atom stereocenters. The first-order valence-corrected chi connectivity index (χ1v) is 5.90. The minimum atomic E-state index is 0.840. The monoisotopic (exact) mass is 226 g/mol. The number of rotatable bonds is 5. The van der Waals surface area contributed by atoms with Gasteiger partial charge in [0.05, 0.1) is 0 Å². The maximum absolute atomic E-state index is 3.24. The molecule has 2 aromatic rings. The first-order valence-electron chi connectivity index (χ1n) is 5.90. The first kappa shape index (κ1) is 11.8. The fraction of sp³-hybridized carbons (Fsp3) is 0.200. The molecule has 0 saturated carbocycles. The van der Waals surface area contributed by atoms with E-state index in [1.165, 1.54) is 16.7 Å². The molecule has 2 nitrogen and oxygen atoms in total. The van der Waals surface area contributed by atoms with Crippen LogP contribution in [0.4, 0.5) is 0 Å². The van der Waals surface area contributed by atoms with Gasteiger partial charge in [0.15, 0.2) is 0 Å². The molecule has 17 heavy (non-hydrogen) atoms. The third-order valence-electron chi connectivity index (χ3n) is 2.80. The summed E-state index contributed by atoms with van der Waals surface area (Å²) < 4.78 is 0. The second kappa shape index (κ2) is 6.18. The Morgan fingerprint density at radius 1 is 0.765 bits per heavy atom. The van der Waals surface area contributed by atoms with Crippen LogP contribution >= 0.6 is 0 Å². The Balaban J connectivity index is 1.76. The topological polar surface area (TPSA) is 24.1 Å². The summed E-state index contributed by atoms with van der Waals surface area (Å²) in [5, 5.41) is 0. The molecule has 88 valence electrons. The second-order valence-electron chi connectivity index (χ2n) is 4.12. The van der Waals surface area contributed by atoms with E-state index in [0.717, 1.165) is 13.1 Å². The third-order valence-corrected chi connectivity index (χ3v) is 2.80. The predicted molar refractivity (Wildman–Crippen MR) is 71.3 cm³/mol. The summed E-state index contributed by atoms with van der Waals surface area (Å²) in [6, 6.07) is 18.8. The number of nitrogens with one attached hydrogen (secondary N) is 2. The normalized spacial score (nSPS) is 10.4. The van der Waals surface area contributed by atoms with Crippen LogP contribution in [0.3, 0.4) is 0 Å². The van der Waals surface area contributed by atoms with Crippen molar-refractivity contribution >= 4 is 0 Å². The average molecular weight is 226 g/mol. The number of hydrogen-bond acceptors (Lipinski definition) is 2. The summed E-state index contributed by atoms with van der Waals surface area (Å²) >= 11 is 0. The number of benzene rings is 2. The zero-order chi connectivity index (χ0) is 11.9. The summed E-state index contributed by atoms with van der Waals surface area (Å²) in [6.07, 6.45) is 0. The van der Waals surface area contributed by atoms with Crippen molar-refractivity contribution in [2.75, 3.05) is 0 Å². The zero-order valence-electron chi connectivity index (χ0n) is 10.1. The van der Waals surface area contributed by atoms with Gasteiger partial charge >= 0.3 is 0 Å². The molecule has 0 spiro atoms. The van der Waals surface area contributed by atoms with E-state index in [2.05, 4.69) is 66.3 Å². The van der Waals surface area contributed by atoms with E-state index >= 15 is 0 Å². The van der Waals surface area contributed by atoms with Gasteiger partial charge in [0.1, 0.15) is 0 Å². The zero-order valence-corrected chi connectivity index (χ0v) is 10.1. The van der Waals surface area contributed by atoms with E-state index in [1.807, 2.05) is 6.07 Å². The van der Waals surface area contributed by atoms with Crippen LogP contribution in [0.2, 0.25) is 0 Å². The lowest BCUT2D eigenvalue weighted by atomic mass is 10.1. The smallest absolute Gasteiger partial charge is 0.0353 e. The van der Waals surface area contributed by atoms with Gasteiger partial charge in [-0.3, -0.25) is 10.9 Å². The Morgan fingerprint density at radius 3 is 2.18 bits per heavy atom. The highest BCUT2D eigenvalue weighted by Crippen LogP contribution is 2.05. The van der Waals surface area contributed by atoms with Gasteiger partial charge in [-0.1, -0.05) is 54.6 Å². The molecule has 0 aliphatic heterocycles. The molecule has 0 aliphatic rings. The van der Waals surface area contributed by atoms with Crippen molar-refractivity contribution in [1.82, 2.24) is 10.9 Å². The molecule has 0 unspecified atom stereocenters. The summed E-state index contributed by atoms with van der Waals surface area (Å²) in [7, 11) is 0. The molecule has 0 bridgehead atoms. The summed E-state index contributed by atoms with van der Waals surface area (Å²) in [5.41, 5.74) is 10.4. The van der Waals surface area contributed by atoms with Crippen LogP contribution in [-0.4, -0.2) is 0 Å². The molecule has 0 aromatic heterocycles. The van der Waals surface area contributed by atoms with E-state index in [0.29, 0.717) is 0 Å². The Kier molecular flexibility index (Phi) is 4.30. The molecule has 0 saturated heterocycles. The van der Waals surface area contributed by atoms with E-state index < -0.39 is 0 Å². The van der Waals surface area contributed by atoms with Gasteiger partial charge in [-0.25, -0.2) is 0 Å². The number of aryl methyl sites for hydroxylation is 1. The molecular formula is C15H18N2. The van der Waals surface area contributed by atoms with Crippen LogP contribution < -0.4 is 10.9 Å². The van der Waals surface area contributed by atoms with Crippen molar-refractivity contribution in [2.24, 2.45) is 0 Å². The minimum absolute atomic E-state index is 0.840. The van der Waals surface area contributed by atoms with Crippen molar-refractivity contribution in [3.8, 4) is 0 Å². The Labute approximate surface area is 103 Å². The summed E-state index contributed by atoms with van der Waals surface area (Å²) in [5.74, 6) is 0. The maximum atomic E-state index is 3.24. The molecule has 0 fully saturated rings. The molecule has 0 aliphatic carbocycles. The SMILES string of the molecule is Cc1ccccc1CNNCc1ccccc1. The lowest BCUT2D eigenvalue weighted by molar-refractivity contribution is 0.528. The Morgan fingerprint density at radius 2 is 1.41 bits per heavy atom. The lowest BCUT2D eigenvalue weighted by Gasteiger charge is -2.09. The van der Waals surface area contributed by atoms with Crippen LogP contribution in [0.5, 0.6) is 0 Å². The Hall–Kier alpha value is -1.64. The molecule has 0 radical (unpaired) electrons. The highest BCUT2D eigenvalue weighted by Gasteiger charge is 1.95. The standard InChI is InChI=1S/C15H18N2/c1-13-7-5-6-10-15(13)12-17-16-11-14-8-3-2-4-9-14/h2-10,16-17H,11-12H2,1H3. The fourth-order valence-electron chi connectivity index (χ4n) is 1.73. The molecule has 2 aromatic carbocycles. The van der Waals surface area contributed by atoms with Gasteiger partial charge in [-0.2, -0.15) is 0 Å². The average Bonchev–Trinajstić information content (AvgIpc) is 2.38. The molecule has 2 heteroatoms. The first-order chi connectivity index (χ1) is 8.36. The van der Waals surface area contributed by atoms with E-state index in [4.69, 9.17) is 0 Å². The molecular weight excluding hydrogens is 208 g/mol. The Bertz CT molecular complexity index is 451. The van der Waals surface area contributed by atoms with Crippen LogP contribution in [0.15, 0.2) is 54.6 Å². The van der Waals surface area contributed by atoms with Gasteiger partial charge in [0, 0.05) is 13.1 Å². The van der Waals surface area contributed by atoms with Crippen molar-refractivity contribution < 1.29 is 0 Å². The van der Waals surface area contributed by atoms with Crippen LogP contribution in [0.1, 0.15) is 16.7 Å². The molecule has 2 N–H and O–H groups in total. The van der Waals surface area contributed by atoms with Gasteiger partial charge in [-0.05, 0) is 23.6 Å². The van der Waals surface area contributed by atoms with Crippen LogP contribution in [-0.2, 0) is 13.1 Å². The molecule has 2 rings (SSSR count). The number of hydrogen-bond donors (Lipinski definition) is 2. The lowest BCUT2D eigenvalue weighted by Crippen LogP contribution is -2.30. The van der Waals surface area contributed by atoms with E-state index in [-0.39, 0.29) is 0 Å². The predicted octanol–water partition coefficient (Wildman–Crippen LogP) is 2.79. The van der Waals surface area contributed by atoms with Gasteiger partial charge in [-0.15, -0.1) is 0 Å². The minimum Gasteiger partial charge on any atom is -0.253 e. The quantitative estimate of drug-likeness (QED) is 0.605. The third kappa shape index (κ3) is 3.70. The highest BCUT2D eigenvalue weighted by molar-refractivity contribution is 5.25.